The van der Waals surface area contributed by atoms with Crippen LogP contribution in [0.2, 0.25) is 0 Å². The van der Waals surface area contributed by atoms with Crippen LogP contribution in [-0.4, -0.2) is 23.0 Å². The maximum absolute atomic E-state index is 12.7. The van der Waals surface area contributed by atoms with E-state index in [-0.39, 0.29) is 11.4 Å². The Kier molecular flexibility index (Phi) is 3.89. The van der Waals surface area contributed by atoms with E-state index in [1.807, 2.05) is 30.3 Å². The Morgan fingerprint density at radius 3 is 2.58 bits per heavy atom. The molecule has 1 heterocycles. The van der Waals surface area contributed by atoms with Gasteiger partial charge in [-0.3, -0.25) is 15.4 Å². The second-order valence-corrected chi connectivity index (χ2v) is 6.06. The molecular formula is C19H16N4O3. The lowest BCUT2D eigenvalue weighted by atomic mass is 10.1. The number of nitrogens with zero attached hydrogens (tertiary/aromatic N) is 1. The van der Waals surface area contributed by atoms with Crippen LogP contribution in [-0.2, 0) is 4.79 Å². The zero-order chi connectivity index (χ0) is 18.3. The van der Waals surface area contributed by atoms with Gasteiger partial charge in [-0.2, -0.15) is 5.06 Å². The van der Waals surface area contributed by atoms with Crippen LogP contribution < -0.4 is 15.4 Å². The molecular weight excluding hydrogens is 332 g/mol. The molecule has 3 aromatic carbocycles. The summed E-state index contributed by atoms with van der Waals surface area (Å²) in [5.41, 5.74) is 0.944. The summed E-state index contributed by atoms with van der Waals surface area (Å²) < 4.78 is 0. The number of quaternary nitrogens is 1. The Morgan fingerprint density at radius 2 is 1.77 bits per heavy atom. The first-order chi connectivity index (χ1) is 12.6. The molecule has 0 fully saturated rings. The van der Waals surface area contributed by atoms with Crippen molar-refractivity contribution in [2.75, 3.05) is 10.4 Å². The Hall–Kier alpha value is -3.26. The van der Waals surface area contributed by atoms with Gasteiger partial charge in [-0.25, -0.2) is 0 Å². The quantitative estimate of drug-likeness (QED) is 0.532. The van der Waals surface area contributed by atoms with Crippen molar-refractivity contribution in [2.24, 2.45) is 0 Å². The van der Waals surface area contributed by atoms with E-state index in [1.165, 1.54) is 12.1 Å². The number of amidine groups is 1. The van der Waals surface area contributed by atoms with Gasteiger partial charge in [-0.05, 0) is 29.0 Å². The van der Waals surface area contributed by atoms with Crippen LogP contribution >= 0.6 is 0 Å². The molecule has 0 aliphatic carbocycles. The minimum atomic E-state index is -1.40. The van der Waals surface area contributed by atoms with Gasteiger partial charge in [-0.15, -0.1) is 0 Å². The van der Waals surface area contributed by atoms with Crippen molar-refractivity contribution in [1.29, 1.82) is 5.41 Å². The lowest BCUT2D eigenvalue weighted by Gasteiger charge is -2.38. The van der Waals surface area contributed by atoms with Gasteiger partial charge in [0, 0.05) is 11.8 Å². The van der Waals surface area contributed by atoms with E-state index in [1.54, 1.807) is 24.3 Å². The molecule has 0 saturated heterocycles. The number of carbonyl (C=O) groups excluding carboxylic acids is 1. The van der Waals surface area contributed by atoms with Crippen LogP contribution in [0.4, 0.5) is 17.1 Å². The summed E-state index contributed by atoms with van der Waals surface area (Å²) in [5, 5.41) is 35.6. The molecule has 0 radical (unpaired) electrons. The standard InChI is InChI=1S/C19H16N4O3/c20-18-17(22(25)15-7-3-4-8-16(15)23(18)26)19(24)21-14-10-9-12-5-1-2-6-13(12)11-14/h1-11,17,20,22,26H,(H,21,24). The highest BCUT2D eigenvalue weighted by Gasteiger charge is 2.41. The van der Waals surface area contributed by atoms with Crippen LogP contribution in [0.5, 0.6) is 0 Å². The van der Waals surface area contributed by atoms with Crippen LogP contribution in [0.15, 0.2) is 66.7 Å². The molecule has 0 saturated carbocycles. The zero-order valence-corrected chi connectivity index (χ0v) is 13.6. The number of rotatable bonds is 2. The number of amides is 1. The molecule has 7 heteroatoms. The molecule has 1 amide bonds. The van der Waals surface area contributed by atoms with Gasteiger partial charge >= 0.3 is 0 Å². The van der Waals surface area contributed by atoms with Crippen molar-refractivity contribution < 1.29 is 15.1 Å². The number of nitrogens with one attached hydrogen (secondary N) is 3. The molecule has 2 atom stereocenters. The molecule has 7 nitrogen and oxygen atoms in total. The lowest BCUT2D eigenvalue weighted by molar-refractivity contribution is -0.784. The maximum atomic E-state index is 12.7. The second-order valence-electron chi connectivity index (χ2n) is 6.06. The minimum Gasteiger partial charge on any atom is -0.628 e. The summed E-state index contributed by atoms with van der Waals surface area (Å²) in [6.07, 6.45) is 0. The Balaban J connectivity index is 1.64. The number of benzene rings is 3. The molecule has 130 valence electrons. The summed E-state index contributed by atoms with van der Waals surface area (Å²) in [4.78, 5) is 12.7. The van der Waals surface area contributed by atoms with Crippen molar-refractivity contribution in [1.82, 2.24) is 0 Å². The van der Waals surface area contributed by atoms with E-state index in [0.717, 1.165) is 10.8 Å². The molecule has 4 N–H and O–H groups in total. The third kappa shape index (κ3) is 2.60. The van der Waals surface area contributed by atoms with Crippen molar-refractivity contribution in [2.45, 2.75) is 6.04 Å². The molecule has 0 bridgehead atoms. The normalized spacial score (nSPS) is 19.3. The number of hydrogen-bond donors (Lipinski definition) is 4. The third-order valence-electron chi connectivity index (χ3n) is 4.44. The smallest absolute Gasteiger partial charge is 0.291 e. The highest BCUT2D eigenvalue weighted by Crippen LogP contribution is 2.26. The average Bonchev–Trinajstić information content (AvgIpc) is 2.66. The topological polar surface area (TPSA) is 104 Å². The van der Waals surface area contributed by atoms with Crippen molar-refractivity contribution in [3.05, 3.63) is 71.9 Å². The van der Waals surface area contributed by atoms with Crippen LogP contribution in [0.25, 0.3) is 10.8 Å². The first-order valence-electron chi connectivity index (χ1n) is 8.06. The fourth-order valence-electron chi connectivity index (χ4n) is 3.12. The third-order valence-corrected chi connectivity index (χ3v) is 4.44. The zero-order valence-electron chi connectivity index (χ0n) is 13.6. The number of hydrogen-bond acceptors (Lipinski definition) is 4. The van der Waals surface area contributed by atoms with Gasteiger partial charge < -0.3 is 15.6 Å². The van der Waals surface area contributed by atoms with Gasteiger partial charge in [0.1, 0.15) is 5.69 Å². The van der Waals surface area contributed by atoms with E-state index in [4.69, 9.17) is 5.41 Å². The van der Waals surface area contributed by atoms with Gasteiger partial charge in [0.05, 0.1) is 0 Å². The monoisotopic (exact) mass is 348 g/mol. The molecule has 0 aromatic heterocycles. The van der Waals surface area contributed by atoms with Gasteiger partial charge in [0.15, 0.2) is 11.5 Å². The van der Waals surface area contributed by atoms with E-state index in [9.17, 15) is 15.2 Å². The van der Waals surface area contributed by atoms with E-state index in [0.29, 0.717) is 10.8 Å². The molecule has 1 aliphatic heterocycles. The fraction of sp³-hybridized carbons (Fsp3) is 0.0526. The Bertz CT molecular complexity index is 1020. The summed E-state index contributed by atoms with van der Waals surface area (Å²) >= 11 is 0. The number of para-hydroxylation sites is 2. The highest BCUT2D eigenvalue weighted by atomic mass is 16.5. The largest absolute Gasteiger partial charge is 0.628 e. The van der Waals surface area contributed by atoms with Crippen LogP contribution in [0.1, 0.15) is 0 Å². The average molecular weight is 348 g/mol. The summed E-state index contributed by atoms with van der Waals surface area (Å²) in [6.45, 7) is 0. The van der Waals surface area contributed by atoms with Gasteiger partial charge in [0.25, 0.3) is 5.91 Å². The first-order valence-corrected chi connectivity index (χ1v) is 8.06. The highest BCUT2D eigenvalue weighted by molar-refractivity contribution is 6.16. The number of anilines is 2. The summed E-state index contributed by atoms with van der Waals surface area (Å²) in [7, 11) is 0. The number of hydroxylamine groups is 2. The first kappa shape index (κ1) is 16.2. The minimum absolute atomic E-state index is 0.206. The van der Waals surface area contributed by atoms with Crippen LogP contribution in [0, 0.1) is 10.6 Å². The van der Waals surface area contributed by atoms with Crippen molar-refractivity contribution in [3.63, 3.8) is 0 Å². The van der Waals surface area contributed by atoms with E-state index < -0.39 is 22.8 Å². The second kappa shape index (κ2) is 6.23. The predicted molar refractivity (Wildman–Crippen MR) is 98.8 cm³/mol. The molecule has 26 heavy (non-hydrogen) atoms. The summed E-state index contributed by atoms with van der Waals surface area (Å²) in [6, 6.07) is 18.1. The number of carbonyl (C=O) groups is 1. The fourth-order valence-corrected chi connectivity index (χ4v) is 3.12. The molecule has 1 aliphatic rings. The van der Waals surface area contributed by atoms with Crippen molar-refractivity contribution >= 4 is 39.6 Å². The summed E-state index contributed by atoms with van der Waals surface area (Å²) in [5.74, 6) is -1.11. The molecule has 2 unspecified atom stereocenters. The van der Waals surface area contributed by atoms with Gasteiger partial charge in [-0.1, -0.05) is 42.5 Å². The SMILES string of the molecule is N=C1C(C(=O)Nc2ccc3ccccc3c2)[NH+]([O-])c2ccccc2N1O. The van der Waals surface area contributed by atoms with Crippen LogP contribution in [0.3, 0.4) is 0 Å². The molecule has 3 aromatic rings. The van der Waals surface area contributed by atoms with Gasteiger partial charge in [0.2, 0.25) is 6.04 Å². The molecule has 0 spiro atoms. The predicted octanol–water partition coefficient (Wildman–Crippen LogP) is 2.05. The Labute approximate surface area is 149 Å². The van der Waals surface area contributed by atoms with Crippen molar-refractivity contribution in [3.8, 4) is 0 Å². The Morgan fingerprint density at radius 1 is 1.08 bits per heavy atom. The molecule has 4 rings (SSSR count). The number of fused-ring (bicyclic) bond motifs is 2. The van der Waals surface area contributed by atoms with E-state index >= 15 is 0 Å². The lowest BCUT2D eigenvalue weighted by Crippen LogP contribution is -3.11. The maximum Gasteiger partial charge on any atom is 0.291 e. The van der Waals surface area contributed by atoms with E-state index in [2.05, 4.69) is 5.32 Å².